The van der Waals surface area contributed by atoms with Gasteiger partial charge < -0.3 is 10.4 Å². The number of carbonyl (C=O) groups is 2. The van der Waals surface area contributed by atoms with Crippen molar-refractivity contribution in [1.29, 1.82) is 0 Å². The van der Waals surface area contributed by atoms with Crippen LogP contribution in [0, 0.1) is 6.92 Å². The van der Waals surface area contributed by atoms with E-state index in [0.717, 1.165) is 5.56 Å². The number of amides is 1. The first-order valence-electron chi connectivity index (χ1n) is 7.82. The van der Waals surface area contributed by atoms with Crippen molar-refractivity contribution in [3.05, 3.63) is 53.1 Å². The van der Waals surface area contributed by atoms with Crippen molar-refractivity contribution in [3.63, 3.8) is 0 Å². The Morgan fingerprint density at radius 3 is 2.71 bits per heavy atom. The van der Waals surface area contributed by atoms with Crippen LogP contribution in [0.25, 0.3) is 0 Å². The molecule has 0 aliphatic rings. The molecule has 1 heterocycles. The van der Waals surface area contributed by atoms with Crippen LogP contribution in [0.5, 0.6) is 0 Å². The molecule has 0 fully saturated rings. The van der Waals surface area contributed by atoms with E-state index in [-0.39, 0.29) is 18.2 Å². The highest BCUT2D eigenvalue weighted by molar-refractivity contribution is 6.05. The molecule has 126 valence electrons. The summed E-state index contributed by atoms with van der Waals surface area (Å²) in [6, 6.07) is 7.19. The molecule has 1 aromatic carbocycles. The molecule has 1 amide bonds. The molecule has 0 spiro atoms. The maximum atomic E-state index is 12.5. The van der Waals surface area contributed by atoms with E-state index in [0.29, 0.717) is 29.2 Å². The van der Waals surface area contributed by atoms with Crippen LogP contribution in [-0.2, 0) is 11.2 Å². The third-order valence-corrected chi connectivity index (χ3v) is 3.54. The summed E-state index contributed by atoms with van der Waals surface area (Å²) in [6.07, 6.45) is 2.02. The number of anilines is 1. The number of carboxylic acid groups (broad SMARTS) is 1. The Balaban J connectivity index is 2.18. The zero-order chi connectivity index (χ0) is 17.7. The van der Waals surface area contributed by atoms with Crippen LogP contribution in [0.1, 0.15) is 53.6 Å². The van der Waals surface area contributed by atoms with Gasteiger partial charge in [0.25, 0.3) is 5.91 Å². The van der Waals surface area contributed by atoms with Gasteiger partial charge in [-0.3, -0.25) is 9.59 Å². The minimum Gasteiger partial charge on any atom is -0.481 e. The Kier molecular flexibility index (Phi) is 5.63. The highest BCUT2D eigenvalue weighted by atomic mass is 16.4. The van der Waals surface area contributed by atoms with Gasteiger partial charge in [-0.2, -0.15) is 0 Å². The van der Waals surface area contributed by atoms with Crippen molar-refractivity contribution < 1.29 is 14.7 Å². The molecule has 2 aromatic rings. The van der Waals surface area contributed by atoms with E-state index in [2.05, 4.69) is 15.3 Å². The standard InChI is InChI=1S/C18H21N3O3/c1-11(2)17-15(10-19-12(3)20-17)18(24)21-14-6-4-5-13(9-14)7-8-16(22)23/h4-6,9-11H,7-8H2,1-3H3,(H,21,24)(H,22,23). The number of aromatic nitrogens is 2. The van der Waals surface area contributed by atoms with Crippen molar-refractivity contribution in [3.8, 4) is 0 Å². The van der Waals surface area contributed by atoms with Gasteiger partial charge in [0.2, 0.25) is 0 Å². The van der Waals surface area contributed by atoms with Crippen LogP contribution >= 0.6 is 0 Å². The maximum absolute atomic E-state index is 12.5. The van der Waals surface area contributed by atoms with Gasteiger partial charge in [0.1, 0.15) is 5.82 Å². The Labute approximate surface area is 141 Å². The molecular formula is C18H21N3O3. The first-order chi connectivity index (χ1) is 11.4. The maximum Gasteiger partial charge on any atom is 0.303 e. The van der Waals surface area contributed by atoms with E-state index in [1.165, 1.54) is 0 Å². The molecular weight excluding hydrogens is 306 g/mol. The second-order valence-corrected chi connectivity index (χ2v) is 5.92. The molecule has 0 saturated carbocycles. The van der Waals surface area contributed by atoms with Gasteiger partial charge in [0, 0.05) is 18.3 Å². The molecule has 2 rings (SSSR count). The summed E-state index contributed by atoms with van der Waals surface area (Å²) in [5.41, 5.74) is 2.64. The van der Waals surface area contributed by atoms with E-state index in [1.807, 2.05) is 19.9 Å². The van der Waals surface area contributed by atoms with Crippen LogP contribution in [0.2, 0.25) is 0 Å². The Morgan fingerprint density at radius 2 is 2.04 bits per heavy atom. The van der Waals surface area contributed by atoms with Crippen molar-refractivity contribution in [2.45, 2.75) is 39.5 Å². The highest BCUT2D eigenvalue weighted by Gasteiger charge is 2.16. The van der Waals surface area contributed by atoms with Gasteiger partial charge in [-0.25, -0.2) is 9.97 Å². The van der Waals surface area contributed by atoms with Crippen molar-refractivity contribution >= 4 is 17.6 Å². The summed E-state index contributed by atoms with van der Waals surface area (Å²) in [5, 5.41) is 11.6. The average molecular weight is 327 g/mol. The topological polar surface area (TPSA) is 92.2 Å². The second-order valence-electron chi connectivity index (χ2n) is 5.92. The second kappa shape index (κ2) is 7.68. The average Bonchev–Trinajstić information content (AvgIpc) is 2.53. The minimum atomic E-state index is -0.845. The molecule has 0 radical (unpaired) electrons. The third kappa shape index (κ3) is 4.62. The number of hydrogen-bond donors (Lipinski definition) is 2. The minimum absolute atomic E-state index is 0.0562. The molecule has 6 nitrogen and oxygen atoms in total. The van der Waals surface area contributed by atoms with Gasteiger partial charge in [-0.15, -0.1) is 0 Å². The predicted molar refractivity (Wildman–Crippen MR) is 91.2 cm³/mol. The number of carbonyl (C=O) groups excluding carboxylic acids is 1. The van der Waals surface area contributed by atoms with E-state index in [4.69, 9.17) is 5.11 Å². The predicted octanol–water partition coefficient (Wildman–Crippen LogP) is 3.18. The fraction of sp³-hybridized carbons (Fsp3) is 0.333. The lowest BCUT2D eigenvalue weighted by molar-refractivity contribution is -0.136. The number of aryl methyl sites for hydroxylation is 2. The number of rotatable bonds is 6. The summed E-state index contributed by atoms with van der Waals surface area (Å²) in [5.74, 6) is -0.378. The first-order valence-corrected chi connectivity index (χ1v) is 7.82. The fourth-order valence-corrected chi connectivity index (χ4v) is 2.36. The molecule has 0 aliphatic carbocycles. The SMILES string of the molecule is Cc1ncc(C(=O)Nc2cccc(CCC(=O)O)c2)c(C(C)C)n1. The van der Waals surface area contributed by atoms with Gasteiger partial charge in [-0.05, 0) is 37.0 Å². The molecule has 6 heteroatoms. The van der Waals surface area contributed by atoms with E-state index < -0.39 is 5.97 Å². The quantitative estimate of drug-likeness (QED) is 0.850. The van der Waals surface area contributed by atoms with Gasteiger partial charge >= 0.3 is 5.97 Å². The summed E-state index contributed by atoms with van der Waals surface area (Å²) in [7, 11) is 0. The monoisotopic (exact) mass is 327 g/mol. The Bertz CT molecular complexity index is 757. The van der Waals surface area contributed by atoms with E-state index in [9.17, 15) is 9.59 Å². The van der Waals surface area contributed by atoms with Crippen LogP contribution < -0.4 is 5.32 Å². The van der Waals surface area contributed by atoms with Gasteiger partial charge in [-0.1, -0.05) is 26.0 Å². The molecule has 24 heavy (non-hydrogen) atoms. The number of aliphatic carboxylic acids is 1. The highest BCUT2D eigenvalue weighted by Crippen LogP contribution is 2.19. The van der Waals surface area contributed by atoms with Gasteiger partial charge in [0.05, 0.1) is 11.3 Å². The van der Waals surface area contributed by atoms with Crippen molar-refractivity contribution in [2.24, 2.45) is 0 Å². The number of carboxylic acids is 1. The number of hydrogen-bond acceptors (Lipinski definition) is 4. The Hall–Kier alpha value is -2.76. The largest absolute Gasteiger partial charge is 0.481 e. The number of benzene rings is 1. The third-order valence-electron chi connectivity index (χ3n) is 3.54. The van der Waals surface area contributed by atoms with E-state index in [1.54, 1.807) is 31.3 Å². The van der Waals surface area contributed by atoms with Crippen LogP contribution in [0.15, 0.2) is 30.5 Å². The molecule has 1 aromatic heterocycles. The van der Waals surface area contributed by atoms with E-state index >= 15 is 0 Å². The van der Waals surface area contributed by atoms with Crippen LogP contribution in [-0.4, -0.2) is 27.0 Å². The lowest BCUT2D eigenvalue weighted by Gasteiger charge is -2.12. The molecule has 0 aliphatic heterocycles. The van der Waals surface area contributed by atoms with Crippen LogP contribution in [0.3, 0.4) is 0 Å². The Morgan fingerprint density at radius 1 is 1.29 bits per heavy atom. The summed E-state index contributed by atoms with van der Waals surface area (Å²) < 4.78 is 0. The van der Waals surface area contributed by atoms with Crippen LogP contribution in [0.4, 0.5) is 5.69 Å². The zero-order valence-corrected chi connectivity index (χ0v) is 14.0. The number of nitrogens with zero attached hydrogens (tertiary/aromatic N) is 2. The van der Waals surface area contributed by atoms with Crippen molar-refractivity contribution in [2.75, 3.05) is 5.32 Å². The number of nitrogens with one attached hydrogen (secondary N) is 1. The normalized spacial score (nSPS) is 10.7. The molecule has 0 bridgehead atoms. The zero-order valence-electron chi connectivity index (χ0n) is 14.0. The lowest BCUT2D eigenvalue weighted by Crippen LogP contribution is -2.17. The molecule has 0 unspecified atom stereocenters. The first kappa shape index (κ1) is 17.6. The van der Waals surface area contributed by atoms with Gasteiger partial charge in [0.15, 0.2) is 0 Å². The molecule has 0 atom stereocenters. The lowest BCUT2D eigenvalue weighted by atomic mass is 10.0. The summed E-state index contributed by atoms with van der Waals surface area (Å²) in [4.78, 5) is 31.7. The smallest absolute Gasteiger partial charge is 0.303 e. The fourth-order valence-electron chi connectivity index (χ4n) is 2.36. The summed E-state index contributed by atoms with van der Waals surface area (Å²) >= 11 is 0. The van der Waals surface area contributed by atoms with Crippen molar-refractivity contribution in [1.82, 2.24) is 9.97 Å². The molecule has 2 N–H and O–H groups in total. The summed E-state index contributed by atoms with van der Waals surface area (Å²) in [6.45, 7) is 5.75. The molecule has 0 saturated heterocycles.